The lowest BCUT2D eigenvalue weighted by atomic mass is 10.1. The average Bonchev–Trinajstić information content (AvgIpc) is 2.90. The highest BCUT2D eigenvalue weighted by molar-refractivity contribution is 5.97. The molecule has 0 aliphatic carbocycles. The maximum atomic E-state index is 11.2. The molecule has 5 heteroatoms. The molecular formula is C15H11N3O2. The van der Waals surface area contributed by atoms with Gasteiger partial charge in [0.2, 0.25) is 5.91 Å². The van der Waals surface area contributed by atoms with Crippen LogP contribution in [0.2, 0.25) is 0 Å². The molecule has 3 rings (SSSR count). The van der Waals surface area contributed by atoms with Crippen molar-refractivity contribution in [1.29, 1.82) is 0 Å². The Kier molecular flexibility index (Phi) is 2.80. The summed E-state index contributed by atoms with van der Waals surface area (Å²) in [5.74, 6) is -0.454. The number of nitrogens with one attached hydrogen (secondary N) is 1. The van der Waals surface area contributed by atoms with Gasteiger partial charge < -0.3 is 10.7 Å². The number of carbonyl (C=O) groups excluding carboxylic acids is 1. The van der Waals surface area contributed by atoms with E-state index in [1.807, 2.05) is 24.3 Å². The van der Waals surface area contributed by atoms with Gasteiger partial charge in [-0.05, 0) is 41.1 Å². The molecule has 0 bridgehead atoms. The van der Waals surface area contributed by atoms with Gasteiger partial charge in [-0.25, -0.2) is 0 Å². The van der Waals surface area contributed by atoms with Crippen molar-refractivity contribution in [3.63, 3.8) is 0 Å². The second-order valence-corrected chi connectivity index (χ2v) is 4.49. The maximum absolute atomic E-state index is 11.2. The van der Waals surface area contributed by atoms with Crippen molar-refractivity contribution in [2.24, 2.45) is 10.9 Å². The smallest absolute Gasteiger partial charge is 0.248 e. The Bertz CT molecular complexity index is 804. The van der Waals surface area contributed by atoms with Crippen molar-refractivity contribution >= 4 is 22.5 Å². The van der Waals surface area contributed by atoms with Gasteiger partial charge in [-0.2, -0.15) is 0 Å². The first-order chi connectivity index (χ1) is 9.67. The fourth-order valence-electron chi connectivity index (χ4n) is 2.14. The van der Waals surface area contributed by atoms with Crippen LogP contribution in [0.5, 0.6) is 0 Å². The topological polar surface area (TPSA) is 88.3 Å². The van der Waals surface area contributed by atoms with Gasteiger partial charge >= 0.3 is 0 Å². The summed E-state index contributed by atoms with van der Waals surface area (Å²) in [4.78, 5) is 24.8. The number of hydrogen-bond acceptors (Lipinski definition) is 3. The van der Waals surface area contributed by atoms with Crippen LogP contribution in [0.15, 0.2) is 53.7 Å². The second-order valence-electron chi connectivity index (χ2n) is 4.49. The van der Waals surface area contributed by atoms with Crippen molar-refractivity contribution < 1.29 is 4.79 Å². The third-order valence-corrected chi connectivity index (χ3v) is 3.19. The number of hydrogen-bond donors (Lipinski definition) is 2. The van der Waals surface area contributed by atoms with Crippen molar-refractivity contribution in [3.05, 3.63) is 59.0 Å². The molecule has 0 fully saturated rings. The zero-order valence-corrected chi connectivity index (χ0v) is 10.5. The Labute approximate surface area is 114 Å². The fraction of sp³-hybridized carbons (Fsp3) is 0. The molecule has 5 nitrogen and oxygen atoms in total. The summed E-state index contributed by atoms with van der Waals surface area (Å²) in [6.45, 7) is 0. The van der Waals surface area contributed by atoms with E-state index >= 15 is 0 Å². The minimum Gasteiger partial charge on any atom is -0.366 e. The summed E-state index contributed by atoms with van der Waals surface area (Å²) in [6.07, 6.45) is 0. The molecule has 0 atom stereocenters. The standard InChI is InChI=1S/C15H11N3O2/c16-15(19)11-2-1-10-7-13(17-14(10)8-11)9-3-5-12(18-20)6-4-9/h1-8,17H,(H2,16,19). The van der Waals surface area contributed by atoms with Crippen LogP contribution < -0.4 is 5.73 Å². The van der Waals surface area contributed by atoms with Crippen molar-refractivity contribution in [2.75, 3.05) is 0 Å². The molecule has 0 unspecified atom stereocenters. The molecule has 0 saturated carbocycles. The third kappa shape index (κ3) is 2.05. The number of primary amides is 1. The summed E-state index contributed by atoms with van der Waals surface area (Å²) >= 11 is 0. The van der Waals surface area contributed by atoms with E-state index in [9.17, 15) is 9.70 Å². The number of amides is 1. The van der Waals surface area contributed by atoms with Crippen molar-refractivity contribution in [3.8, 4) is 11.3 Å². The summed E-state index contributed by atoms with van der Waals surface area (Å²) < 4.78 is 0. The van der Waals surface area contributed by atoms with Crippen molar-refractivity contribution in [2.45, 2.75) is 0 Å². The van der Waals surface area contributed by atoms with Gasteiger partial charge in [-0.1, -0.05) is 18.2 Å². The van der Waals surface area contributed by atoms with Crippen LogP contribution in [0.25, 0.3) is 22.2 Å². The Morgan fingerprint density at radius 1 is 1.05 bits per heavy atom. The number of carbonyl (C=O) groups is 1. The van der Waals surface area contributed by atoms with Gasteiger partial charge in [-0.15, -0.1) is 4.91 Å². The third-order valence-electron chi connectivity index (χ3n) is 3.19. The zero-order chi connectivity index (χ0) is 14.1. The van der Waals surface area contributed by atoms with E-state index < -0.39 is 5.91 Å². The molecule has 20 heavy (non-hydrogen) atoms. The molecule has 1 heterocycles. The lowest BCUT2D eigenvalue weighted by Gasteiger charge is -1.97. The average molecular weight is 265 g/mol. The molecule has 0 saturated heterocycles. The largest absolute Gasteiger partial charge is 0.366 e. The van der Waals surface area contributed by atoms with E-state index in [1.165, 1.54) is 0 Å². The number of nitroso groups, excluding NO2 is 1. The van der Waals surface area contributed by atoms with Gasteiger partial charge in [0.1, 0.15) is 5.69 Å². The number of benzene rings is 2. The molecular weight excluding hydrogens is 254 g/mol. The van der Waals surface area contributed by atoms with E-state index in [-0.39, 0.29) is 0 Å². The van der Waals surface area contributed by atoms with Crippen LogP contribution in [0, 0.1) is 4.91 Å². The molecule has 3 N–H and O–H groups in total. The minimum atomic E-state index is -0.454. The fourth-order valence-corrected chi connectivity index (χ4v) is 2.14. The van der Waals surface area contributed by atoms with E-state index in [1.54, 1.807) is 24.3 Å². The van der Waals surface area contributed by atoms with Crippen LogP contribution in [0.3, 0.4) is 0 Å². The molecule has 1 amide bonds. The first-order valence-electron chi connectivity index (χ1n) is 6.04. The number of rotatable bonds is 3. The van der Waals surface area contributed by atoms with Crippen molar-refractivity contribution in [1.82, 2.24) is 4.98 Å². The first kappa shape index (κ1) is 12.1. The minimum absolute atomic E-state index is 0.390. The number of nitrogens with zero attached hydrogens (tertiary/aromatic N) is 1. The molecule has 0 aliphatic heterocycles. The van der Waals surface area contributed by atoms with Crippen LogP contribution in [0.1, 0.15) is 10.4 Å². The molecule has 0 spiro atoms. The lowest BCUT2D eigenvalue weighted by molar-refractivity contribution is 0.100. The second kappa shape index (κ2) is 4.62. The highest BCUT2D eigenvalue weighted by Gasteiger charge is 2.06. The summed E-state index contributed by atoms with van der Waals surface area (Å²) in [7, 11) is 0. The SMILES string of the molecule is NC(=O)c1ccc2cc(-c3ccc(N=O)cc3)[nH]c2c1. The van der Waals surface area contributed by atoms with E-state index in [2.05, 4.69) is 10.2 Å². The number of fused-ring (bicyclic) bond motifs is 1. The van der Waals surface area contributed by atoms with Crippen LogP contribution in [-0.4, -0.2) is 10.9 Å². The van der Waals surface area contributed by atoms with Gasteiger partial charge in [0.05, 0.1) is 0 Å². The first-order valence-corrected chi connectivity index (χ1v) is 6.04. The van der Waals surface area contributed by atoms with Gasteiger partial charge in [0.15, 0.2) is 0 Å². The van der Waals surface area contributed by atoms with E-state index in [4.69, 9.17) is 5.73 Å². The predicted molar refractivity (Wildman–Crippen MR) is 77.7 cm³/mol. The number of aromatic amines is 1. The molecule has 3 aromatic rings. The van der Waals surface area contributed by atoms with Crippen LogP contribution in [-0.2, 0) is 0 Å². The van der Waals surface area contributed by atoms with E-state index in [0.29, 0.717) is 11.3 Å². The highest BCUT2D eigenvalue weighted by Crippen LogP contribution is 2.26. The van der Waals surface area contributed by atoms with Crippen LogP contribution >= 0.6 is 0 Å². The molecule has 1 aromatic heterocycles. The Balaban J connectivity index is 2.07. The Morgan fingerprint density at radius 3 is 2.45 bits per heavy atom. The number of H-pyrrole nitrogens is 1. The zero-order valence-electron chi connectivity index (χ0n) is 10.5. The quantitative estimate of drug-likeness (QED) is 0.711. The normalized spacial score (nSPS) is 10.6. The molecule has 98 valence electrons. The molecule has 0 aliphatic rings. The summed E-state index contributed by atoms with van der Waals surface area (Å²) in [6, 6.07) is 14.2. The Morgan fingerprint density at radius 2 is 1.80 bits per heavy atom. The number of nitrogens with two attached hydrogens (primary N) is 1. The van der Waals surface area contributed by atoms with Gasteiger partial charge in [-0.3, -0.25) is 4.79 Å². The van der Waals surface area contributed by atoms with Gasteiger partial charge in [0.25, 0.3) is 0 Å². The van der Waals surface area contributed by atoms with Crippen LogP contribution in [0.4, 0.5) is 5.69 Å². The van der Waals surface area contributed by atoms with E-state index in [0.717, 1.165) is 22.2 Å². The maximum Gasteiger partial charge on any atom is 0.248 e. The monoisotopic (exact) mass is 265 g/mol. The summed E-state index contributed by atoms with van der Waals surface area (Å²) in [5, 5.41) is 3.86. The van der Waals surface area contributed by atoms with Gasteiger partial charge in [0, 0.05) is 22.2 Å². The summed E-state index contributed by atoms with van der Waals surface area (Å²) in [5.41, 5.74) is 8.80. The number of aromatic nitrogens is 1. The predicted octanol–water partition coefficient (Wildman–Crippen LogP) is 3.33. The lowest BCUT2D eigenvalue weighted by Crippen LogP contribution is -2.10. The molecule has 2 aromatic carbocycles. The molecule has 0 radical (unpaired) electrons. The Hall–Kier alpha value is -2.95. The highest BCUT2D eigenvalue weighted by atomic mass is 16.3.